The van der Waals surface area contributed by atoms with Crippen molar-refractivity contribution < 1.29 is 9.66 Å². The molecule has 0 amide bonds. The van der Waals surface area contributed by atoms with Crippen LogP contribution in [-0.4, -0.2) is 19.7 Å². The molecule has 1 aromatic carbocycles. The molecule has 2 rings (SSSR count). The van der Waals surface area contributed by atoms with E-state index >= 15 is 0 Å². The van der Waals surface area contributed by atoms with E-state index in [1.165, 1.54) is 12.4 Å². The van der Waals surface area contributed by atoms with Crippen LogP contribution in [0.5, 0.6) is 5.75 Å². The topological polar surface area (TPSA) is 83.1 Å². The Morgan fingerprint density at radius 2 is 2.25 bits per heavy atom. The van der Waals surface area contributed by atoms with Crippen molar-refractivity contribution in [3.8, 4) is 5.75 Å². The Balaban J connectivity index is 2.27. The van der Waals surface area contributed by atoms with Crippen molar-refractivity contribution in [3.05, 3.63) is 45.0 Å². The van der Waals surface area contributed by atoms with Crippen LogP contribution >= 0.6 is 11.6 Å². The van der Waals surface area contributed by atoms with Gasteiger partial charge in [0.1, 0.15) is 12.9 Å². The van der Waals surface area contributed by atoms with Gasteiger partial charge in [0.2, 0.25) is 5.75 Å². The van der Waals surface area contributed by atoms with Crippen molar-refractivity contribution in [2.75, 3.05) is 0 Å². The van der Waals surface area contributed by atoms with Crippen molar-refractivity contribution in [2.24, 2.45) is 0 Å². The lowest BCUT2D eigenvalue weighted by molar-refractivity contribution is -0.386. The lowest BCUT2D eigenvalue weighted by Gasteiger charge is -2.10. The van der Waals surface area contributed by atoms with E-state index in [0.29, 0.717) is 23.0 Å². The van der Waals surface area contributed by atoms with Crippen LogP contribution < -0.4 is 4.74 Å². The zero-order valence-electron chi connectivity index (χ0n) is 11.0. The molecule has 0 atom stereocenters. The van der Waals surface area contributed by atoms with Crippen LogP contribution in [0.2, 0.25) is 5.02 Å². The van der Waals surface area contributed by atoms with E-state index in [2.05, 4.69) is 10.1 Å². The minimum absolute atomic E-state index is 0.108. The standard InChI is InChI=1S/C12H13ClN4O3/c1-3-16-11(14-7-15-16)6-20-12-8(2)4-9(13)5-10(12)17(18)19/h4-5,7H,3,6H2,1-2H3. The lowest BCUT2D eigenvalue weighted by Crippen LogP contribution is -2.08. The van der Waals surface area contributed by atoms with Crippen molar-refractivity contribution in [1.29, 1.82) is 0 Å². The average Bonchev–Trinajstić information content (AvgIpc) is 2.84. The summed E-state index contributed by atoms with van der Waals surface area (Å²) < 4.78 is 7.21. The number of benzene rings is 1. The molecule has 0 aliphatic rings. The Labute approximate surface area is 120 Å². The maximum atomic E-state index is 11.0. The molecule has 0 saturated heterocycles. The molecule has 0 aliphatic carbocycles. The van der Waals surface area contributed by atoms with Crippen molar-refractivity contribution >= 4 is 17.3 Å². The summed E-state index contributed by atoms with van der Waals surface area (Å²) in [5.74, 6) is 0.807. The van der Waals surface area contributed by atoms with Crippen LogP contribution in [0.25, 0.3) is 0 Å². The fraction of sp³-hybridized carbons (Fsp3) is 0.333. The number of nitrogens with zero attached hydrogens (tertiary/aromatic N) is 4. The highest BCUT2D eigenvalue weighted by atomic mass is 35.5. The summed E-state index contributed by atoms with van der Waals surface area (Å²) in [5.41, 5.74) is 0.448. The predicted octanol–water partition coefficient (Wildman–Crippen LogP) is 2.75. The van der Waals surface area contributed by atoms with Gasteiger partial charge in [0, 0.05) is 17.6 Å². The first-order valence-corrected chi connectivity index (χ1v) is 6.34. The molecule has 20 heavy (non-hydrogen) atoms. The van der Waals surface area contributed by atoms with Gasteiger partial charge in [0.15, 0.2) is 5.82 Å². The van der Waals surface area contributed by atoms with E-state index in [1.807, 2.05) is 6.92 Å². The van der Waals surface area contributed by atoms with Crippen LogP contribution in [0.1, 0.15) is 18.3 Å². The molecule has 1 aromatic heterocycles. The van der Waals surface area contributed by atoms with Gasteiger partial charge in [-0.1, -0.05) is 11.6 Å². The lowest BCUT2D eigenvalue weighted by atomic mass is 10.2. The van der Waals surface area contributed by atoms with Crippen LogP contribution in [0.15, 0.2) is 18.5 Å². The van der Waals surface area contributed by atoms with E-state index in [1.54, 1.807) is 17.7 Å². The molecule has 0 bridgehead atoms. The summed E-state index contributed by atoms with van der Waals surface area (Å²) in [4.78, 5) is 14.6. The zero-order valence-corrected chi connectivity index (χ0v) is 11.8. The van der Waals surface area contributed by atoms with Gasteiger partial charge in [-0.15, -0.1) is 0 Å². The Morgan fingerprint density at radius 1 is 1.50 bits per heavy atom. The number of ether oxygens (including phenoxy) is 1. The van der Waals surface area contributed by atoms with Crippen molar-refractivity contribution in [3.63, 3.8) is 0 Å². The van der Waals surface area contributed by atoms with Gasteiger partial charge in [0.25, 0.3) is 0 Å². The molecule has 2 aromatic rings. The number of nitro benzene ring substituents is 1. The van der Waals surface area contributed by atoms with E-state index in [4.69, 9.17) is 16.3 Å². The first-order valence-electron chi connectivity index (χ1n) is 5.97. The first-order chi connectivity index (χ1) is 9.52. The van der Waals surface area contributed by atoms with E-state index in [-0.39, 0.29) is 18.0 Å². The number of hydrogen-bond donors (Lipinski definition) is 0. The minimum Gasteiger partial charge on any atom is -0.478 e. The van der Waals surface area contributed by atoms with Crippen LogP contribution in [0, 0.1) is 17.0 Å². The molecule has 7 nitrogen and oxygen atoms in total. The highest BCUT2D eigenvalue weighted by molar-refractivity contribution is 6.31. The maximum absolute atomic E-state index is 11.0. The summed E-state index contributed by atoms with van der Waals surface area (Å²) in [6.07, 6.45) is 1.42. The van der Waals surface area contributed by atoms with Gasteiger partial charge >= 0.3 is 5.69 Å². The summed E-state index contributed by atoms with van der Waals surface area (Å²) in [7, 11) is 0. The molecule has 0 N–H and O–H groups in total. The summed E-state index contributed by atoms with van der Waals surface area (Å²) >= 11 is 5.83. The van der Waals surface area contributed by atoms with E-state index < -0.39 is 4.92 Å². The highest BCUT2D eigenvalue weighted by Crippen LogP contribution is 2.34. The Kier molecular flexibility index (Phi) is 4.19. The van der Waals surface area contributed by atoms with Crippen LogP contribution in [-0.2, 0) is 13.2 Å². The summed E-state index contributed by atoms with van der Waals surface area (Å²) in [5, 5.41) is 15.4. The average molecular weight is 297 g/mol. The quantitative estimate of drug-likeness (QED) is 0.626. The van der Waals surface area contributed by atoms with Gasteiger partial charge in [-0.05, 0) is 25.5 Å². The number of halogens is 1. The molecule has 1 heterocycles. The van der Waals surface area contributed by atoms with E-state index in [0.717, 1.165) is 0 Å². The van der Waals surface area contributed by atoms with E-state index in [9.17, 15) is 10.1 Å². The first kappa shape index (κ1) is 14.3. The van der Waals surface area contributed by atoms with Crippen molar-refractivity contribution in [2.45, 2.75) is 27.0 Å². The third kappa shape index (κ3) is 2.88. The molecule has 0 unspecified atom stereocenters. The van der Waals surface area contributed by atoms with Gasteiger partial charge < -0.3 is 4.74 Å². The fourth-order valence-electron chi connectivity index (χ4n) is 1.84. The SMILES string of the molecule is CCn1ncnc1COc1c(C)cc(Cl)cc1[N+](=O)[O-]. The number of aromatic nitrogens is 3. The van der Waals surface area contributed by atoms with Crippen molar-refractivity contribution in [1.82, 2.24) is 14.8 Å². The van der Waals surface area contributed by atoms with Gasteiger partial charge in [-0.2, -0.15) is 5.10 Å². The van der Waals surface area contributed by atoms with Gasteiger partial charge in [-0.3, -0.25) is 10.1 Å². The molecule has 0 aliphatic heterocycles. The summed E-state index contributed by atoms with van der Waals surface area (Å²) in [6, 6.07) is 2.89. The second-order valence-corrected chi connectivity index (χ2v) is 4.55. The largest absolute Gasteiger partial charge is 0.478 e. The molecule has 0 radical (unpaired) electrons. The van der Waals surface area contributed by atoms with Gasteiger partial charge in [0.05, 0.1) is 4.92 Å². The number of nitro groups is 1. The Morgan fingerprint density at radius 3 is 2.90 bits per heavy atom. The summed E-state index contributed by atoms with van der Waals surface area (Å²) in [6.45, 7) is 4.39. The monoisotopic (exact) mass is 296 g/mol. The molecule has 0 fully saturated rings. The third-order valence-electron chi connectivity index (χ3n) is 2.76. The number of rotatable bonds is 5. The Hall–Kier alpha value is -2.15. The van der Waals surface area contributed by atoms with Gasteiger partial charge in [-0.25, -0.2) is 9.67 Å². The fourth-order valence-corrected chi connectivity index (χ4v) is 2.10. The molecule has 8 heteroatoms. The smallest absolute Gasteiger partial charge is 0.312 e. The Bertz CT molecular complexity index is 642. The number of aryl methyl sites for hydroxylation is 2. The second kappa shape index (κ2) is 5.87. The molecule has 0 saturated carbocycles. The second-order valence-electron chi connectivity index (χ2n) is 4.11. The maximum Gasteiger partial charge on any atom is 0.312 e. The van der Waals surface area contributed by atoms with Crippen LogP contribution in [0.3, 0.4) is 0 Å². The number of hydrogen-bond acceptors (Lipinski definition) is 5. The molecule has 0 spiro atoms. The molecule has 106 valence electrons. The normalized spacial score (nSPS) is 10.6. The van der Waals surface area contributed by atoms with Crippen LogP contribution in [0.4, 0.5) is 5.69 Å². The minimum atomic E-state index is -0.515. The zero-order chi connectivity index (χ0) is 14.7. The molecular weight excluding hydrogens is 284 g/mol. The predicted molar refractivity (Wildman–Crippen MR) is 72.9 cm³/mol. The highest BCUT2D eigenvalue weighted by Gasteiger charge is 2.19. The third-order valence-corrected chi connectivity index (χ3v) is 2.98. The molecular formula is C12H13ClN4O3.